The summed E-state index contributed by atoms with van der Waals surface area (Å²) in [6, 6.07) is 6.22. The summed E-state index contributed by atoms with van der Waals surface area (Å²) in [7, 11) is -1.61. The molecule has 2 saturated heterocycles. The second-order valence-corrected chi connectivity index (χ2v) is 9.38. The average molecular weight is 410 g/mol. The zero-order valence-electron chi connectivity index (χ0n) is 16.3. The number of ether oxygens (including phenoxy) is 1. The predicted octanol–water partition coefficient (Wildman–Crippen LogP) is 1.36. The molecule has 0 aliphatic carbocycles. The van der Waals surface area contributed by atoms with Gasteiger partial charge in [-0.15, -0.1) is 0 Å². The molecule has 2 fully saturated rings. The molecule has 0 bridgehead atoms. The Morgan fingerprint density at radius 3 is 2.54 bits per heavy atom. The summed E-state index contributed by atoms with van der Waals surface area (Å²) in [4.78, 5) is 30.6. The number of urea groups is 1. The molecule has 9 heteroatoms. The van der Waals surface area contributed by atoms with E-state index in [-0.39, 0.29) is 30.0 Å². The number of anilines is 1. The molecular formula is C19H27N3O5S. The lowest BCUT2D eigenvalue weighted by Gasteiger charge is -2.33. The van der Waals surface area contributed by atoms with Crippen molar-refractivity contribution >= 4 is 27.5 Å². The smallest absolute Gasteiger partial charge is 0.325 e. The summed E-state index contributed by atoms with van der Waals surface area (Å²) < 4.78 is 29.2. The van der Waals surface area contributed by atoms with Gasteiger partial charge in [-0.3, -0.25) is 9.69 Å². The maximum absolute atomic E-state index is 13.4. The first-order valence-corrected chi connectivity index (χ1v) is 11.4. The minimum absolute atomic E-state index is 0.0127. The lowest BCUT2D eigenvalue weighted by molar-refractivity contribution is -0.130. The molecule has 3 rings (SSSR count). The van der Waals surface area contributed by atoms with E-state index in [0.717, 1.165) is 0 Å². The number of benzene rings is 1. The number of hydrogen-bond donors (Lipinski definition) is 0. The molecular weight excluding hydrogens is 382 g/mol. The van der Waals surface area contributed by atoms with Crippen molar-refractivity contribution in [1.82, 2.24) is 9.80 Å². The highest BCUT2D eigenvalue weighted by atomic mass is 32.2. The quantitative estimate of drug-likeness (QED) is 0.749. The Hall–Kier alpha value is -2.29. The van der Waals surface area contributed by atoms with Gasteiger partial charge in [0.05, 0.1) is 24.7 Å². The number of methoxy groups -OCH3 is 1. The predicted molar refractivity (Wildman–Crippen MR) is 106 cm³/mol. The number of amides is 3. The monoisotopic (exact) mass is 409 g/mol. The molecule has 2 aliphatic rings. The van der Waals surface area contributed by atoms with Gasteiger partial charge in [0.1, 0.15) is 12.3 Å². The van der Waals surface area contributed by atoms with Crippen LogP contribution in [-0.2, 0) is 14.6 Å². The SMILES string of the molecule is CCN1CCCN(C(=O)N(c2ccc(OC)cc2)[C@@H]2CCS(=O)(=O)C2)CC1=O. The van der Waals surface area contributed by atoms with Gasteiger partial charge in [-0.25, -0.2) is 13.2 Å². The lowest BCUT2D eigenvalue weighted by Crippen LogP contribution is -2.51. The fourth-order valence-corrected chi connectivity index (χ4v) is 5.47. The van der Waals surface area contributed by atoms with Crippen LogP contribution in [0.15, 0.2) is 24.3 Å². The Morgan fingerprint density at radius 1 is 1.25 bits per heavy atom. The van der Waals surface area contributed by atoms with Crippen LogP contribution in [0.5, 0.6) is 5.75 Å². The highest BCUT2D eigenvalue weighted by molar-refractivity contribution is 7.91. The third-order valence-electron chi connectivity index (χ3n) is 5.32. The molecule has 0 N–H and O–H groups in total. The maximum atomic E-state index is 13.4. The number of carbonyl (C=O) groups is 2. The second-order valence-electron chi connectivity index (χ2n) is 7.16. The normalized spacial score (nSPS) is 22.1. The summed E-state index contributed by atoms with van der Waals surface area (Å²) in [5.41, 5.74) is 0.608. The van der Waals surface area contributed by atoms with E-state index in [2.05, 4.69) is 0 Å². The van der Waals surface area contributed by atoms with E-state index in [1.165, 1.54) is 4.90 Å². The van der Waals surface area contributed by atoms with Gasteiger partial charge in [0, 0.05) is 25.3 Å². The van der Waals surface area contributed by atoms with Gasteiger partial charge in [0.2, 0.25) is 5.91 Å². The van der Waals surface area contributed by atoms with E-state index >= 15 is 0 Å². The van der Waals surface area contributed by atoms with Crippen LogP contribution in [0.2, 0.25) is 0 Å². The van der Waals surface area contributed by atoms with Crippen LogP contribution < -0.4 is 9.64 Å². The van der Waals surface area contributed by atoms with Crippen molar-refractivity contribution in [3.05, 3.63) is 24.3 Å². The van der Waals surface area contributed by atoms with Crippen LogP contribution in [0.25, 0.3) is 0 Å². The van der Waals surface area contributed by atoms with Gasteiger partial charge in [-0.1, -0.05) is 0 Å². The minimum Gasteiger partial charge on any atom is -0.497 e. The van der Waals surface area contributed by atoms with E-state index in [0.29, 0.717) is 43.9 Å². The van der Waals surface area contributed by atoms with E-state index in [1.54, 1.807) is 41.2 Å². The number of hydrogen-bond acceptors (Lipinski definition) is 5. The molecule has 1 atom stereocenters. The number of rotatable bonds is 4. The number of likely N-dealkylation sites (N-methyl/N-ethyl adjacent to an activating group) is 1. The van der Waals surface area contributed by atoms with Gasteiger partial charge in [-0.2, -0.15) is 0 Å². The molecule has 28 heavy (non-hydrogen) atoms. The molecule has 2 heterocycles. The van der Waals surface area contributed by atoms with Crippen LogP contribution in [0.3, 0.4) is 0 Å². The van der Waals surface area contributed by atoms with Gasteiger partial charge < -0.3 is 14.5 Å². The summed E-state index contributed by atoms with van der Waals surface area (Å²) in [6.45, 7) is 3.64. The van der Waals surface area contributed by atoms with E-state index < -0.39 is 15.9 Å². The first-order valence-electron chi connectivity index (χ1n) is 9.55. The molecule has 8 nitrogen and oxygen atoms in total. The van der Waals surface area contributed by atoms with Crippen molar-refractivity contribution in [3.8, 4) is 5.75 Å². The zero-order valence-corrected chi connectivity index (χ0v) is 17.2. The molecule has 3 amide bonds. The van der Waals surface area contributed by atoms with Crippen LogP contribution in [0, 0.1) is 0 Å². The van der Waals surface area contributed by atoms with Crippen molar-refractivity contribution in [2.75, 3.05) is 49.7 Å². The minimum atomic E-state index is -3.17. The van der Waals surface area contributed by atoms with Gasteiger partial charge >= 0.3 is 6.03 Å². The second kappa shape index (κ2) is 8.38. The molecule has 0 aromatic heterocycles. The molecule has 0 unspecified atom stereocenters. The van der Waals surface area contributed by atoms with Crippen molar-refractivity contribution in [2.24, 2.45) is 0 Å². The molecule has 0 radical (unpaired) electrons. The van der Waals surface area contributed by atoms with Crippen LogP contribution in [-0.4, -0.2) is 81.0 Å². The van der Waals surface area contributed by atoms with E-state index in [9.17, 15) is 18.0 Å². The Balaban J connectivity index is 1.89. The fraction of sp³-hybridized carbons (Fsp3) is 0.579. The first kappa shape index (κ1) is 20.4. The largest absolute Gasteiger partial charge is 0.497 e. The Kier molecular flexibility index (Phi) is 6.12. The molecule has 1 aromatic carbocycles. The third-order valence-corrected chi connectivity index (χ3v) is 7.07. The molecule has 2 aliphatic heterocycles. The summed E-state index contributed by atoms with van der Waals surface area (Å²) >= 11 is 0. The van der Waals surface area contributed by atoms with Crippen LogP contribution in [0.4, 0.5) is 10.5 Å². The topological polar surface area (TPSA) is 87.2 Å². The fourth-order valence-electron chi connectivity index (χ4n) is 3.77. The van der Waals surface area contributed by atoms with Gasteiger partial charge in [0.15, 0.2) is 9.84 Å². The molecule has 0 spiro atoms. The average Bonchev–Trinajstić information content (AvgIpc) is 2.92. The van der Waals surface area contributed by atoms with Crippen LogP contribution >= 0.6 is 0 Å². The number of carbonyl (C=O) groups excluding carboxylic acids is 2. The van der Waals surface area contributed by atoms with E-state index in [1.807, 2.05) is 6.92 Å². The number of nitrogens with zero attached hydrogens (tertiary/aromatic N) is 3. The maximum Gasteiger partial charge on any atom is 0.325 e. The van der Waals surface area contributed by atoms with Crippen molar-refractivity contribution in [1.29, 1.82) is 0 Å². The highest BCUT2D eigenvalue weighted by Gasteiger charge is 2.38. The molecule has 1 aromatic rings. The zero-order chi connectivity index (χ0) is 20.3. The van der Waals surface area contributed by atoms with Gasteiger partial charge in [0.25, 0.3) is 0 Å². The highest BCUT2D eigenvalue weighted by Crippen LogP contribution is 2.28. The lowest BCUT2D eigenvalue weighted by atomic mass is 10.2. The first-order chi connectivity index (χ1) is 13.3. The standard InChI is InChI=1S/C19H27N3O5S/c1-3-20-10-4-11-21(13-18(20)23)19(24)22(16-9-12-28(25,26)14-16)15-5-7-17(27-2)8-6-15/h5-8,16H,3-4,9-14H2,1-2H3/t16-/m1/s1. The van der Waals surface area contributed by atoms with Crippen molar-refractivity contribution in [3.63, 3.8) is 0 Å². The molecule has 154 valence electrons. The Labute approximate surface area is 166 Å². The van der Waals surface area contributed by atoms with E-state index in [4.69, 9.17) is 4.74 Å². The summed E-state index contributed by atoms with van der Waals surface area (Å²) in [5, 5.41) is 0. The summed E-state index contributed by atoms with van der Waals surface area (Å²) in [5.74, 6) is 0.578. The Morgan fingerprint density at radius 2 is 1.96 bits per heavy atom. The number of sulfone groups is 1. The van der Waals surface area contributed by atoms with Crippen LogP contribution in [0.1, 0.15) is 19.8 Å². The summed E-state index contributed by atoms with van der Waals surface area (Å²) in [6.07, 6.45) is 1.09. The molecule has 0 saturated carbocycles. The van der Waals surface area contributed by atoms with Gasteiger partial charge in [-0.05, 0) is 44.0 Å². The van der Waals surface area contributed by atoms with Crippen molar-refractivity contribution < 1.29 is 22.7 Å². The Bertz CT molecular complexity index is 824. The third kappa shape index (κ3) is 4.40. The van der Waals surface area contributed by atoms with Crippen molar-refractivity contribution in [2.45, 2.75) is 25.8 Å².